The molecule has 3 aromatic rings. The molecule has 2 aromatic carbocycles. The quantitative estimate of drug-likeness (QED) is 0.696. The summed E-state index contributed by atoms with van der Waals surface area (Å²) >= 11 is 9.23. The number of aromatic carboxylic acids is 1. The SMILES string of the molecule is O=C(O)c1cc(-c2ccc(Cl)cc2)nc2ccc(Br)cc12. The lowest BCUT2D eigenvalue weighted by atomic mass is 10.0. The minimum Gasteiger partial charge on any atom is -0.478 e. The van der Waals surface area contributed by atoms with E-state index in [1.54, 1.807) is 30.3 Å². The number of carbonyl (C=O) groups is 1. The van der Waals surface area contributed by atoms with Crippen molar-refractivity contribution in [2.45, 2.75) is 0 Å². The number of carboxylic acid groups (broad SMARTS) is 1. The van der Waals surface area contributed by atoms with Crippen molar-refractivity contribution in [3.63, 3.8) is 0 Å². The number of nitrogens with zero attached hydrogens (tertiary/aromatic N) is 1. The van der Waals surface area contributed by atoms with Gasteiger partial charge >= 0.3 is 5.97 Å². The van der Waals surface area contributed by atoms with E-state index in [9.17, 15) is 9.90 Å². The van der Waals surface area contributed by atoms with Crippen LogP contribution in [0.15, 0.2) is 53.0 Å². The number of benzene rings is 2. The average Bonchev–Trinajstić information content (AvgIpc) is 2.46. The van der Waals surface area contributed by atoms with Crippen LogP contribution >= 0.6 is 27.5 Å². The fourth-order valence-electron chi connectivity index (χ4n) is 2.14. The number of pyridine rings is 1. The molecule has 0 atom stereocenters. The summed E-state index contributed by atoms with van der Waals surface area (Å²) in [6.45, 7) is 0. The van der Waals surface area contributed by atoms with Crippen LogP contribution in [0.3, 0.4) is 0 Å². The molecule has 3 nitrogen and oxygen atoms in total. The second-order valence-electron chi connectivity index (χ2n) is 4.53. The molecule has 104 valence electrons. The summed E-state index contributed by atoms with van der Waals surface area (Å²) in [6.07, 6.45) is 0. The zero-order chi connectivity index (χ0) is 15.0. The molecule has 1 aromatic heterocycles. The second-order valence-corrected chi connectivity index (χ2v) is 5.88. The van der Waals surface area contributed by atoms with Crippen LogP contribution in [0.25, 0.3) is 22.2 Å². The van der Waals surface area contributed by atoms with Crippen LogP contribution in [-0.2, 0) is 0 Å². The topological polar surface area (TPSA) is 50.2 Å². The van der Waals surface area contributed by atoms with E-state index in [0.717, 1.165) is 10.0 Å². The van der Waals surface area contributed by atoms with Crippen molar-refractivity contribution in [1.29, 1.82) is 0 Å². The summed E-state index contributed by atoms with van der Waals surface area (Å²) in [7, 11) is 0. The van der Waals surface area contributed by atoms with Gasteiger partial charge in [-0.2, -0.15) is 0 Å². The van der Waals surface area contributed by atoms with Crippen molar-refractivity contribution in [2.24, 2.45) is 0 Å². The summed E-state index contributed by atoms with van der Waals surface area (Å²) in [5.41, 5.74) is 2.31. The van der Waals surface area contributed by atoms with Crippen LogP contribution in [0.4, 0.5) is 0 Å². The Balaban J connectivity index is 2.28. The third-order valence-corrected chi connectivity index (χ3v) is 3.89. The van der Waals surface area contributed by atoms with Gasteiger partial charge in [0.05, 0.1) is 16.8 Å². The van der Waals surface area contributed by atoms with Crippen molar-refractivity contribution in [1.82, 2.24) is 4.98 Å². The maximum Gasteiger partial charge on any atom is 0.336 e. The van der Waals surface area contributed by atoms with Gasteiger partial charge in [0.15, 0.2) is 0 Å². The molecule has 21 heavy (non-hydrogen) atoms. The van der Waals surface area contributed by atoms with E-state index in [0.29, 0.717) is 21.6 Å². The van der Waals surface area contributed by atoms with Gasteiger partial charge in [-0.15, -0.1) is 0 Å². The molecule has 0 radical (unpaired) electrons. The number of halogens is 2. The molecular weight excluding hydrogens is 354 g/mol. The van der Waals surface area contributed by atoms with Gasteiger partial charge in [0.25, 0.3) is 0 Å². The van der Waals surface area contributed by atoms with Crippen LogP contribution in [0.5, 0.6) is 0 Å². The van der Waals surface area contributed by atoms with Gasteiger partial charge in [0.1, 0.15) is 0 Å². The summed E-state index contributed by atoms with van der Waals surface area (Å²) in [6, 6.07) is 14.1. The summed E-state index contributed by atoms with van der Waals surface area (Å²) in [4.78, 5) is 16.0. The first-order valence-electron chi connectivity index (χ1n) is 6.14. The number of hydrogen-bond donors (Lipinski definition) is 1. The van der Waals surface area contributed by atoms with Crippen molar-refractivity contribution < 1.29 is 9.90 Å². The zero-order valence-corrected chi connectivity index (χ0v) is 13.0. The molecule has 5 heteroatoms. The second kappa shape index (κ2) is 5.47. The lowest BCUT2D eigenvalue weighted by Gasteiger charge is -2.07. The molecule has 0 saturated carbocycles. The Morgan fingerprint density at radius 2 is 1.81 bits per heavy atom. The maximum absolute atomic E-state index is 11.5. The van der Waals surface area contributed by atoms with Gasteiger partial charge < -0.3 is 5.11 Å². The molecule has 1 N–H and O–H groups in total. The van der Waals surface area contributed by atoms with E-state index in [4.69, 9.17) is 11.6 Å². The van der Waals surface area contributed by atoms with E-state index >= 15 is 0 Å². The van der Waals surface area contributed by atoms with Crippen molar-refractivity contribution >= 4 is 44.4 Å². The number of fused-ring (bicyclic) bond motifs is 1. The Morgan fingerprint density at radius 3 is 2.48 bits per heavy atom. The molecule has 0 unspecified atom stereocenters. The Hall–Kier alpha value is -1.91. The molecular formula is C16H9BrClNO2. The van der Waals surface area contributed by atoms with Gasteiger partial charge in [-0.05, 0) is 36.4 Å². The fraction of sp³-hybridized carbons (Fsp3) is 0. The standard InChI is InChI=1S/C16H9BrClNO2/c17-10-3-6-14-12(7-10)13(16(20)21)8-15(19-14)9-1-4-11(18)5-2-9/h1-8H,(H,20,21). The van der Waals surface area contributed by atoms with E-state index in [-0.39, 0.29) is 5.56 Å². The van der Waals surface area contributed by atoms with E-state index in [1.807, 2.05) is 18.2 Å². The van der Waals surface area contributed by atoms with Crippen molar-refractivity contribution in [3.8, 4) is 11.3 Å². The smallest absolute Gasteiger partial charge is 0.336 e. The molecule has 0 saturated heterocycles. The molecule has 1 heterocycles. The highest BCUT2D eigenvalue weighted by Crippen LogP contribution is 2.27. The lowest BCUT2D eigenvalue weighted by Crippen LogP contribution is -2.00. The van der Waals surface area contributed by atoms with Crippen LogP contribution in [0.2, 0.25) is 5.02 Å². The predicted molar refractivity (Wildman–Crippen MR) is 86.8 cm³/mol. The molecule has 0 aliphatic heterocycles. The Morgan fingerprint density at radius 1 is 1.10 bits per heavy atom. The normalized spacial score (nSPS) is 10.8. The van der Waals surface area contributed by atoms with E-state index in [1.165, 1.54) is 0 Å². The number of hydrogen-bond acceptors (Lipinski definition) is 2. The number of rotatable bonds is 2. The van der Waals surface area contributed by atoms with Gasteiger partial charge in [0, 0.05) is 20.4 Å². The molecule has 0 spiro atoms. The fourth-order valence-corrected chi connectivity index (χ4v) is 2.63. The molecule has 0 aliphatic carbocycles. The van der Waals surface area contributed by atoms with Gasteiger partial charge in [-0.3, -0.25) is 0 Å². The number of aromatic nitrogens is 1. The summed E-state index contributed by atoms with van der Waals surface area (Å²) in [5, 5.41) is 10.7. The first-order chi connectivity index (χ1) is 10.0. The first kappa shape index (κ1) is 14.0. The average molecular weight is 363 g/mol. The minimum absolute atomic E-state index is 0.228. The maximum atomic E-state index is 11.5. The van der Waals surface area contributed by atoms with Crippen LogP contribution < -0.4 is 0 Å². The third-order valence-electron chi connectivity index (χ3n) is 3.14. The molecule has 3 rings (SSSR count). The molecule has 0 aliphatic rings. The Bertz CT molecular complexity index is 847. The van der Waals surface area contributed by atoms with Crippen LogP contribution in [0.1, 0.15) is 10.4 Å². The van der Waals surface area contributed by atoms with Gasteiger partial charge in [0.2, 0.25) is 0 Å². The monoisotopic (exact) mass is 361 g/mol. The molecule has 0 amide bonds. The van der Waals surface area contributed by atoms with Crippen LogP contribution in [-0.4, -0.2) is 16.1 Å². The predicted octanol–water partition coefficient (Wildman–Crippen LogP) is 5.02. The Kier molecular flexibility index (Phi) is 3.66. The minimum atomic E-state index is -0.976. The lowest BCUT2D eigenvalue weighted by molar-refractivity contribution is 0.0699. The summed E-state index contributed by atoms with van der Waals surface area (Å²) < 4.78 is 0.818. The largest absolute Gasteiger partial charge is 0.478 e. The van der Waals surface area contributed by atoms with E-state index < -0.39 is 5.97 Å². The van der Waals surface area contributed by atoms with Gasteiger partial charge in [-0.1, -0.05) is 39.7 Å². The van der Waals surface area contributed by atoms with Crippen LogP contribution in [0, 0.1) is 0 Å². The Labute approximate surface area is 134 Å². The highest BCUT2D eigenvalue weighted by Gasteiger charge is 2.13. The van der Waals surface area contributed by atoms with Crippen molar-refractivity contribution in [2.75, 3.05) is 0 Å². The number of carboxylic acids is 1. The molecule has 0 fully saturated rings. The van der Waals surface area contributed by atoms with Gasteiger partial charge in [-0.25, -0.2) is 9.78 Å². The van der Waals surface area contributed by atoms with Crippen molar-refractivity contribution in [3.05, 3.63) is 63.6 Å². The third kappa shape index (κ3) is 2.77. The summed E-state index contributed by atoms with van der Waals surface area (Å²) in [5.74, 6) is -0.976. The molecule has 0 bridgehead atoms. The highest BCUT2D eigenvalue weighted by molar-refractivity contribution is 9.10. The highest BCUT2D eigenvalue weighted by atomic mass is 79.9. The zero-order valence-electron chi connectivity index (χ0n) is 10.7. The van der Waals surface area contributed by atoms with E-state index in [2.05, 4.69) is 20.9 Å². The first-order valence-corrected chi connectivity index (χ1v) is 7.31.